The van der Waals surface area contributed by atoms with E-state index >= 15 is 0 Å². The van der Waals surface area contributed by atoms with Crippen molar-refractivity contribution in [2.24, 2.45) is 10.9 Å². The first-order valence-corrected chi connectivity index (χ1v) is 8.44. The maximum atomic E-state index is 4.25. The highest BCUT2D eigenvalue weighted by Gasteiger charge is 2.07. The van der Waals surface area contributed by atoms with E-state index in [2.05, 4.69) is 57.2 Å². The number of hydrogen-bond donors (Lipinski definition) is 2. The van der Waals surface area contributed by atoms with Crippen LogP contribution in [0.5, 0.6) is 0 Å². The van der Waals surface area contributed by atoms with Gasteiger partial charge < -0.3 is 15.2 Å². The zero-order valence-electron chi connectivity index (χ0n) is 13.8. The fraction of sp³-hybridized carbons (Fsp3) is 0.533. The van der Waals surface area contributed by atoms with Crippen molar-refractivity contribution >= 4 is 41.3 Å². The molecule has 8 heteroatoms. The Balaban J connectivity index is 0.00000264. The predicted octanol–water partition coefficient (Wildman–Crippen LogP) is 2.52. The molecule has 0 fully saturated rings. The minimum absolute atomic E-state index is 0. The molecule has 2 aromatic rings. The Labute approximate surface area is 158 Å². The van der Waals surface area contributed by atoms with Crippen LogP contribution in [0, 0.1) is 5.92 Å². The van der Waals surface area contributed by atoms with Crippen LogP contribution in [-0.2, 0) is 19.5 Å². The molecule has 2 N–H and O–H groups in total. The summed E-state index contributed by atoms with van der Waals surface area (Å²) in [7, 11) is 1.78. The SMILES string of the molecule is CCn1cnnc1CNC(=NC)NCC(C)Cc1cccs1.I. The lowest BCUT2D eigenvalue weighted by Crippen LogP contribution is -2.39. The molecule has 1 atom stereocenters. The van der Waals surface area contributed by atoms with Crippen LogP contribution in [-0.4, -0.2) is 34.3 Å². The van der Waals surface area contributed by atoms with Gasteiger partial charge in [0.05, 0.1) is 6.54 Å². The number of halogens is 1. The Morgan fingerprint density at radius 2 is 2.26 bits per heavy atom. The molecule has 1 unspecified atom stereocenters. The number of nitrogens with one attached hydrogen (secondary N) is 2. The number of hydrogen-bond acceptors (Lipinski definition) is 4. The predicted molar refractivity (Wildman–Crippen MR) is 106 cm³/mol. The number of nitrogens with zero attached hydrogens (tertiary/aromatic N) is 4. The van der Waals surface area contributed by atoms with Gasteiger partial charge in [-0.3, -0.25) is 4.99 Å². The van der Waals surface area contributed by atoms with Gasteiger partial charge in [0.25, 0.3) is 0 Å². The van der Waals surface area contributed by atoms with Gasteiger partial charge in [-0.15, -0.1) is 45.5 Å². The van der Waals surface area contributed by atoms with E-state index in [1.165, 1.54) is 4.88 Å². The van der Waals surface area contributed by atoms with Gasteiger partial charge in [-0.25, -0.2) is 0 Å². The maximum Gasteiger partial charge on any atom is 0.191 e. The van der Waals surface area contributed by atoms with Crippen LogP contribution in [0.3, 0.4) is 0 Å². The van der Waals surface area contributed by atoms with Gasteiger partial charge >= 0.3 is 0 Å². The molecule has 2 aromatic heterocycles. The van der Waals surface area contributed by atoms with E-state index in [0.717, 1.165) is 31.3 Å². The van der Waals surface area contributed by atoms with Crippen molar-refractivity contribution in [2.45, 2.75) is 33.4 Å². The number of aryl methyl sites for hydroxylation is 1. The Morgan fingerprint density at radius 1 is 1.43 bits per heavy atom. The summed E-state index contributed by atoms with van der Waals surface area (Å²) < 4.78 is 2.01. The molecule has 2 heterocycles. The third-order valence-corrected chi connectivity index (χ3v) is 4.32. The molecule has 0 spiro atoms. The third kappa shape index (κ3) is 6.46. The molecule has 6 nitrogen and oxygen atoms in total. The number of rotatable bonds is 7. The zero-order chi connectivity index (χ0) is 15.8. The normalized spacial score (nSPS) is 12.6. The first-order valence-electron chi connectivity index (χ1n) is 7.56. The van der Waals surface area contributed by atoms with Crippen molar-refractivity contribution in [3.05, 3.63) is 34.5 Å². The summed E-state index contributed by atoms with van der Waals surface area (Å²) in [4.78, 5) is 5.68. The molecule has 0 aliphatic rings. The Hall–Kier alpha value is -1.16. The lowest BCUT2D eigenvalue weighted by atomic mass is 10.1. The molecule has 0 saturated heterocycles. The van der Waals surface area contributed by atoms with Gasteiger partial charge in [0, 0.05) is 25.0 Å². The molecule has 23 heavy (non-hydrogen) atoms. The van der Waals surface area contributed by atoms with Crippen molar-refractivity contribution in [3.8, 4) is 0 Å². The summed E-state index contributed by atoms with van der Waals surface area (Å²) >= 11 is 1.81. The van der Waals surface area contributed by atoms with Crippen molar-refractivity contribution < 1.29 is 0 Å². The van der Waals surface area contributed by atoms with Crippen LogP contribution < -0.4 is 10.6 Å². The average molecular weight is 448 g/mol. The Bertz CT molecular complexity index is 581. The van der Waals surface area contributed by atoms with Crippen molar-refractivity contribution in [1.82, 2.24) is 25.4 Å². The van der Waals surface area contributed by atoms with Gasteiger partial charge in [0.1, 0.15) is 6.33 Å². The lowest BCUT2D eigenvalue weighted by molar-refractivity contribution is 0.560. The smallest absolute Gasteiger partial charge is 0.191 e. The largest absolute Gasteiger partial charge is 0.356 e. The number of aromatic nitrogens is 3. The van der Waals surface area contributed by atoms with E-state index in [0.29, 0.717) is 12.5 Å². The lowest BCUT2D eigenvalue weighted by Gasteiger charge is -2.15. The molecule has 0 aliphatic carbocycles. The van der Waals surface area contributed by atoms with E-state index in [-0.39, 0.29) is 24.0 Å². The second kappa shape index (κ2) is 10.6. The molecule has 0 bridgehead atoms. The van der Waals surface area contributed by atoms with Gasteiger partial charge in [0.15, 0.2) is 11.8 Å². The number of guanidine groups is 1. The third-order valence-electron chi connectivity index (χ3n) is 3.42. The van der Waals surface area contributed by atoms with Gasteiger partial charge in [0.2, 0.25) is 0 Å². The van der Waals surface area contributed by atoms with Crippen LogP contribution in [0.1, 0.15) is 24.5 Å². The van der Waals surface area contributed by atoms with Crippen molar-refractivity contribution in [1.29, 1.82) is 0 Å². The highest BCUT2D eigenvalue weighted by molar-refractivity contribution is 14.0. The molecule has 2 rings (SSSR count). The molecule has 0 aromatic carbocycles. The molecule has 128 valence electrons. The molecule has 0 aliphatic heterocycles. The molecule has 0 radical (unpaired) electrons. The van der Waals surface area contributed by atoms with E-state index in [1.807, 2.05) is 15.9 Å². The van der Waals surface area contributed by atoms with Crippen LogP contribution in [0.25, 0.3) is 0 Å². The van der Waals surface area contributed by atoms with Crippen molar-refractivity contribution in [2.75, 3.05) is 13.6 Å². The number of thiophene rings is 1. The van der Waals surface area contributed by atoms with Crippen LogP contribution in [0.2, 0.25) is 0 Å². The average Bonchev–Trinajstić information content (AvgIpc) is 3.18. The summed E-state index contributed by atoms with van der Waals surface area (Å²) in [5.74, 6) is 2.26. The number of aliphatic imine (C=N–C) groups is 1. The second-order valence-corrected chi connectivity index (χ2v) is 6.26. The van der Waals surface area contributed by atoms with E-state index in [9.17, 15) is 0 Å². The van der Waals surface area contributed by atoms with Crippen LogP contribution >= 0.6 is 35.3 Å². The van der Waals surface area contributed by atoms with Gasteiger partial charge in [-0.2, -0.15) is 0 Å². The topological polar surface area (TPSA) is 67.1 Å². The van der Waals surface area contributed by atoms with Gasteiger partial charge in [-0.1, -0.05) is 13.0 Å². The second-order valence-electron chi connectivity index (χ2n) is 5.23. The Kier molecular flexibility index (Phi) is 9.15. The van der Waals surface area contributed by atoms with Gasteiger partial charge in [-0.05, 0) is 30.7 Å². The standard InChI is InChI=1S/C15H24N6S.HI/c1-4-21-11-19-20-14(21)10-18-15(16-3)17-9-12(2)8-13-6-5-7-22-13;/h5-7,11-12H,4,8-10H2,1-3H3,(H2,16,17,18);1H. The molecular formula is C15H25IN6S. The maximum absolute atomic E-state index is 4.25. The summed E-state index contributed by atoms with van der Waals surface area (Å²) in [6.45, 7) is 6.69. The minimum atomic E-state index is 0. The first kappa shape index (κ1) is 19.9. The van der Waals surface area contributed by atoms with E-state index in [1.54, 1.807) is 13.4 Å². The fourth-order valence-electron chi connectivity index (χ4n) is 2.18. The van der Waals surface area contributed by atoms with E-state index < -0.39 is 0 Å². The summed E-state index contributed by atoms with van der Waals surface area (Å²) in [6.07, 6.45) is 2.84. The quantitative estimate of drug-likeness (QED) is 0.388. The zero-order valence-corrected chi connectivity index (χ0v) is 17.0. The van der Waals surface area contributed by atoms with Crippen molar-refractivity contribution in [3.63, 3.8) is 0 Å². The highest BCUT2D eigenvalue weighted by atomic mass is 127. The molecule has 0 amide bonds. The summed E-state index contributed by atoms with van der Waals surface area (Å²) in [5.41, 5.74) is 0. The monoisotopic (exact) mass is 448 g/mol. The summed E-state index contributed by atoms with van der Waals surface area (Å²) in [6, 6.07) is 4.29. The fourth-order valence-corrected chi connectivity index (χ4v) is 3.05. The Morgan fingerprint density at radius 3 is 2.91 bits per heavy atom. The highest BCUT2D eigenvalue weighted by Crippen LogP contribution is 2.13. The minimum Gasteiger partial charge on any atom is -0.356 e. The van der Waals surface area contributed by atoms with Crippen LogP contribution in [0.4, 0.5) is 0 Å². The van der Waals surface area contributed by atoms with Crippen LogP contribution in [0.15, 0.2) is 28.8 Å². The summed E-state index contributed by atoms with van der Waals surface area (Å²) in [5, 5.41) is 16.8. The molecule has 0 saturated carbocycles. The first-order chi connectivity index (χ1) is 10.7. The van der Waals surface area contributed by atoms with E-state index in [4.69, 9.17) is 0 Å². The molecular weight excluding hydrogens is 423 g/mol.